The van der Waals surface area contributed by atoms with Crippen LogP contribution in [-0.4, -0.2) is 45.1 Å². The van der Waals surface area contributed by atoms with Gasteiger partial charge in [-0.2, -0.15) is 18.4 Å². The predicted octanol–water partition coefficient (Wildman–Crippen LogP) is 2.84. The van der Waals surface area contributed by atoms with Gasteiger partial charge in [-0.15, -0.1) is 5.10 Å². The molecule has 0 amide bonds. The fourth-order valence-electron chi connectivity index (χ4n) is 4.08. The quantitative estimate of drug-likeness (QED) is 0.830. The van der Waals surface area contributed by atoms with E-state index >= 15 is 0 Å². The molecule has 3 heterocycles. The van der Waals surface area contributed by atoms with Gasteiger partial charge in [0.1, 0.15) is 17.1 Å². The molecule has 2 aliphatic rings. The highest BCUT2D eigenvalue weighted by Gasteiger charge is 2.40. The summed E-state index contributed by atoms with van der Waals surface area (Å²) in [4.78, 5) is 4.43. The zero-order valence-corrected chi connectivity index (χ0v) is 15.0. The number of anilines is 1. The lowest BCUT2D eigenvalue weighted by Gasteiger charge is -2.28. The molecule has 2 atom stereocenters. The Morgan fingerprint density at radius 3 is 2.68 bits per heavy atom. The first-order chi connectivity index (χ1) is 13.4. The van der Waals surface area contributed by atoms with E-state index in [9.17, 15) is 23.5 Å². The van der Waals surface area contributed by atoms with Crippen LogP contribution in [0.15, 0.2) is 6.20 Å². The van der Waals surface area contributed by atoms with E-state index in [4.69, 9.17) is 4.74 Å². The molecular weight excluding hydrogens is 375 g/mol. The van der Waals surface area contributed by atoms with Crippen molar-refractivity contribution in [3.63, 3.8) is 0 Å². The Hall–Kier alpha value is -2.38. The van der Waals surface area contributed by atoms with Crippen LogP contribution in [0.4, 0.5) is 19.1 Å². The summed E-state index contributed by atoms with van der Waals surface area (Å²) in [6.07, 6.45) is -0.457. The number of halogens is 3. The summed E-state index contributed by atoms with van der Waals surface area (Å²) in [5, 5.41) is 26.5. The van der Waals surface area contributed by atoms with Gasteiger partial charge in [0.25, 0.3) is 0 Å². The van der Waals surface area contributed by atoms with Crippen molar-refractivity contribution in [3.8, 4) is 6.07 Å². The first-order valence-corrected chi connectivity index (χ1v) is 9.31. The molecule has 0 bridgehead atoms. The summed E-state index contributed by atoms with van der Waals surface area (Å²) in [7, 11) is 0. The molecule has 150 valence electrons. The number of rotatable bonds is 3. The molecule has 1 saturated heterocycles. The topological polar surface area (TPSA) is 95.5 Å². The maximum atomic E-state index is 13.7. The van der Waals surface area contributed by atoms with Crippen molar-refractivity contribution < 1.29 is 23.0 Å². The van der Waals surface area contributed by atoms with Crippen LogP contribution in [0, 0.1) is 11.3 Å². The van der Waals surface area contributed by atoms with Gasteiger partial charge < -0.3 is 15.2 Å². The second-order valence-electron chi connectivity index (χ2n) is 7.30. The van der Waals surface area contributed by atoms with Crippen LogP contribution in [0.3, 0.4) is 0 Å². The minimum Gasteiger partial charge on any atom is -0.389 e. The van der Waals surface area contributed by atoms with Gasteiger partial charge in [0.2, 0.25) is 5.95 Å². The monoisotopic (exact) mass is 395 g/mol. The second-order valence-corrected chi connectivity index (χ2v) is 7.30. The van der Waals surface area contributed by atoms with E-state index in [1.54, 1.807) is 6.07 Å². The summed E-state index contributed by atoms with van der Waals surface area (Å²) in [5.74, 6) is 0.0294. The molecule has 4 rings (SSSR count). The molecule has 2 aromatic rings. The number of alkyl halides is 3. The van der Waals surface area contributed by atoms with E-state index < -0.39 is 23.4 Å². The Morgan fingerprint density at radius 1 is 1.29 bits per heavy atom. The Kier molecular flexibility index (Phi) is 4.89. The SMILES string of the molecule is N#Cc1cn2nc(N[C@@H]3CCOC[C@H]3O)nc(C3CCCC3)c2c1C(F)(F)F. The first kappa shape index (κ1) is 19.0. The van der Waals surface area contributed by atoms with E-state index in [1.165, 1.54) is 0 Å². The van der Waals surface area contributed by atoms with E-state index in [2.05, 4.69) is 15.4 Å². The third-order valence-electron chi connectivity index (χ3n) is 5.44. The normalized spacial score (nSPS) is 23.8. The fourth-order valence-corrected chi connectivity index (χ4v) is 4.08. The lowest BCUT2D eigenvalue weighted by atomic mass is 10.0. The third-order valence-corrected chi connectivity index (χ3v) is 5.44. The van der Waals surface area contributed by atoms with Crippen molar-refractivity contribution in [2.24, 2.45) is 0 Å². The number of aliphatic hydroxyl groups is 1. The molecule has 1 aliphatic heterocycles. The number of hydrogen-bond acceptors (Lipinski definition) is 6. The van der Waals surface area contributed by atoms with Gasteiger partial charge in [0, 0.05) is 18.7 Å². The Bertz CT molecular complexity index is 915. The van der Waals surface area contributed by atoms with E-state index in [1.807, 2.05) is 0 Å². The fraction of sp³-hybridized carbons (Fsp3) is 0.611. The van der Waals surface area contributed by atoms with Crippen molar-refractivity contribution in [1.29, 1.82) is 5.26 Å². The minimum atomic E-state index is -4.68. The van der Waals surface area contributed by atoms with Crippen molar-refractivity contribution >= 4 is 11.5 Å². The zero-order chi connectivity index (χ0) is 19.9. The van der Waals surface area contributed by atoms with Crippen LogP contribution < -0.4 is 5.32 Å². The van der Waals surface area contributed by atoms with Crippen LogP contribution >= 0.6 is 0 Å². The Morgan fingerprint density at radius 2 is 2.04 bits per heavy atom. The zero-order valence-electron chi connectivity index (χ0n) is 15.0. The van der Waals surface area contributed by atoms with Crippen LogP contribution in [0.5, 0.6) is 0 Å². The number of hydrogen-bond donors (Lipinski definition) is 2. The molecule has 1 saturated carbocycles. The minimum absolute atomic E-state index is 0.117. The number of nitrogens with zero attached hydrogens (tertiary/aromatic N) is 4. The average molecular weight is 395 g/mol. The number of nitrogens with one attached hydrogen (secondary N) is 1. The van der Waals surface area contributed by atoms with Gasteiger partial charge in [-0.05, 0) is 19.3 Å². The van der Waals surface area contributed by atoms with Gasteiger partial charge in [0.05, 0.1) is 30.0 Å². The maximum absolute atomic E-state index is 13.7. The van der Waals surface area contributed by atoms with Crippen LogP contribution in [0.1, 0.15) is 54.8 Å². The maximum Gasteiger partial charge on any atom is 0.419 e. The molecular formula is C18H20F3N5O2. The number of fused-ring (bicyclic) bond motifs is 1. The predicted molar refractivity (Wildman–Crippen MR) is 92.8 cm³/mol. The van der Waals surface area contributed by atoms with Gasteiger partial charge in [-0.1, -0.05) is 12.8 Å². The van der Waals surface area contributed by atoms with Crippen molar-refractivity contribution in [1.82, 2.24) is 14.6 Å². The molecule has 0 unspecified atom stereocenters. The highest BCUT2D eigenvalue weighted by molar-refractivity contribution is 5.67. The van der Waals surface area contributed by atoms with E-state index in [0.717, 1.165) is 36.4 Å². The summed E-state index contributed by atoms with van der Waals surface area (Å²) < 4.78 is 47.4. The highest BCUT2D eigenvalue weighted by atomic mass is 19.4. The molecule has 1 aliphatic carbocycles. The summed E-state index contributed by atoms with van der Waals surface area (Å²) in [5.41, 5.74) is -1.28. The summed E-state index contributed by atoms with van der Waals surface area (Å²) in [6, 6.07) is 1.28. The molecule has 10 heteroatoms. The standard InChI is InChI=1S/C18H20F3N5O2/c19-18(20,21)14-11(7-22)8-26-16(14)15(10-3-1-2-4-10)24-17(25-26)23-12-5-6-28-9-13(12)27/h8,10,12-13,27H,1-6,9H2,(H,23,25)/t12-,13-/m1/s1. The van der Waals surface area contributed by atoms with Gasteiger partial charge in [0.15, 0.2) is 0 Å². The highest BCUT2D eigenvalue weighted by Crippen LogP contribution is 2.42. The van der Waals surface area contributed by atoms with E-state index in [0.29, 0.717) is 18.7 Å². The molecule has 2 N–H and O–H groups in total. The number of ether oxygens (including phenoxy) is 1. The van der Waals surface area contributed by atoms with Crippen LogP contribution in [0.25, 0.3) is 5.52 Å². The van der Waals surface area contributed by atoms with Gasteiger partial charge >= 0.3 is 6.18 Å². The summed E-state index contributed by atoms with van der Waals surface area (Å²) >= 11 is 0. The number of aromatic nitrogens is 3. The van der Waals surface area contributed by atoms with Crippen molar-refractivity contribution in [2.45, 2.75) is 56.3 Å². The lowest BCUT2D eigenvalue weighted by Crippen LogP contribution is -2.42. The average Bonchev–Trinajstić information content (AvgIpc) is 3.29. The third kappa shape index (κ3) is 3.40. The number of nitriles is 1. The van der Waals surface area contributed by atoms with Gasteiger partial charge in [-0.3, -0.25) is 0 Å². The van der Waals surface area contributed by atoms with Crippen molar-refractivity contribution in [2.75, 3.05) is 18.5 Å². The van der Waals surface area contributed by atoms with Crippen LogP contribution in [0.2, 0.25) is 0 Å². The lowest BCUT2D eigenvalue weighted by molar-refractivity contribution is -0.136. The second kappa shape index (κ2) is 7.22. The first-order valence-electron chi connectivity index (χ1n) is 9.31. The number of aliphatic hydroxyl groups excluding tert-OH is 1. The van der Waals surface area contributed by atoms with Crippen LogP contribution in [-0.2, 0) is 10.9 Å². The Balaban J connectivity index is 1.84. The van der Waals surface area contributed by atoms with Gasteiger partial charge in [-0.25, -0.2) is 9.50 Å². The molecule has 2 fully saturated rings. The summed E-state index contributed by atoms with van der Waals surface area (Å²) in [6.45, 7) is 0.641. The Labute approximate surface area is 159 Å². The molecule has 0 aromatic carbocycles. The molecule has 28 heavy (non-hydrogen) atoms. The molecule has 0 radical (unpaired) electrons. The molecule has 7 nitrogen and oxygen atoms in total. The molecule has 2 aromatic heterocycles. The van der Waals surface area contributed by atoms with Crippen molar-refractivity contribution in [3.05, 3.63) is 23.0 Å². The largest absolute Gasteiger partial charge is 0.419 e. The van der Waals surface area contributed by atoms with E-state index in [-0.39, 0.29) is 30.0 Å². The molecule has 0 spiro atoms. The smallest absolute Gasteiger partial charge is 0.389 e.